The molecule has 44 valence electrons. The average molecular weight is 121 g/mol. The van der Waals surface area contributed by atoms with E-state index in [1.54, 1.807) is 0 Å². The summed E-state index contributed by atoms with van der Waals surface area (Å²) in [6.07, 6.45) is 0. The molecular formula is C3H11N3S. The summed E-state index contributed by atoms with van der Waals surface area (Å²) in [5.74, 6) is 0. The van der Waals surface area contributed by atoms with Crippen LogP contribution < -0.4 is 17.2 Å². The molecule has 7 heavy (non-hydrogen) atoms. The zero-order valence-corrected chi connectivity index (χ0v) is 4.94. The summed E-state index contributed by atoms with van der Waals surface area (Å²) in [5, 5.41) is -0.287. The topological polar surface area (TPSA) is 78.1 Å². The summed E-state index contributed by atoms with van der Waals surface area (Å²) < 4.78 is 0. The van der Waals surface area contributed by atoms with Crippen LogP contribution in [-0.2, 0) is 0 Å². The molecule has 0 spiro atoms. The van der Waals surface area contributed by atoms with Crippen LogP contribution in [0.4, 0.5) is 0 Å². The quantitative estimate of drug-likeness (QED) is 0.265. The highest BCUT2D eigenvalue weighted by molar-refractivity contribution is 7.80. The van der Waals surface area contributed by atoms with E-state index < -0.39 is 0 Å². The van der Waals surface area contributed by atoms with Crippen molar-refractivity contribution in [1.82, 2.24) is 0 Å². The summed E-state index contributed by atoms with van der Waals surface area (Å²) in [4.78, 5) is 0. The van der Waals surface area contributed by atoms with E-state index in [0.29, 0.717) is 6.54 Å². The van der Waals surface area contributed by atoms with Crippen molar-refractivity contribution in [3.8, 4) is 0 Å². The summed E-state index contributed by atoms with van der Waals surface area (Å²) >= 11 is 3.85. The van der Waals surface area contributed by atoms with Crippen LogP contribution in [-0.4, -0.2) is 18.0 Å². The van der Waals surface area contributed by atoms with Gasteiger partial charge in [-0.15, -0.1) is 0 Å². The monoisotopic (exact) mass is 121 g/mol. The predicted octanol–water partition coefficient (Wildman–Crippen LogP) is -1.51. The van der Waals surface area contributed by atoms with Gasteiger partial charge in [0.15, 0.2) is 0 Å². The highest BCUT2D eigenvalue weighted by atomic mass is 32.1. The summed E-state index contributed by atoms with van der Waals surface area (Å²) in [6, 6.07) is -0.177. The maximum Gasteiger partial charge on any atom is 0.0643 e. The molecule has 0 aliphatic carbocycles. The van der Waals surface area contributed by atoms with Gasteiger partial charge in [-0.2, -0.15) is 12.6 Å². The van der Waals surface area contributed by atoms with E-state index in [4.69, 9.17) is 17.2 Å². The first-order valence-electron chi connectivity index (χ1n) is 2.07. The lowest BCUT2D eigenvalue weighted by Gasteiger charge is -2.10. The Hall–Kier alpha value is 0.230. The summed E-state index contributed by atoms with van der Waals surface area (Å²) in [6.45, 7) is 0.394. The first-order valence-corrected chi connectivity index (χ1v) is 2.59. The SMILES string of the molecule is NCC(N)C(N)S. The fourth-order valence-electron chi connectivity index (χ4n) is 0.139. The highest BCUT2D eigenvalue weighted by Crippen LogP contribution is 1.86. The number of hydrogen-bond donors (Lipinski definition) is 4. The molecular weight excluding hydrogens is 110 g/mol. The van der Waals surface area contributed by atoms with Gasteiger partial charge in [0, 0.05) is 12.6 Å². The van der Waals surface area contributed by atoms with E-state index in [2.05, 4.69) is 12.6 Å². The van der Waals surface area contributed by atoms with Gasteiger partial charge in [0.2, 0.25) is 0 Å². The Morgan fingerprint density at radius 1 is 1.43 bits per heavy atom. The maximum atomic E-state index is 5.29. The van der Waals surface area contributed by atoms with Crippen LogP contribution in [0, 0.1) is 0 Å². The van der Waals surface area contributed by atoms with E-state index in [1.165, 1.54) is 0 Å². The Kier molecular flexibility index (Phi) is 3.37. The third-order valence-corrected chi connectivity index (χ3v) is 1.09. The lowest BCUT2D eigenvalue weighted by molar-refractivity contribution is 0.660. The smallest absolute Gasteiger partial charge is 0.0643 e. The molecule has 2 unspecified atom stereocenters. The van der Waals surface area contributed by atoms with Crippen LogP contribution in [0.5, 0.6) is 0 Å². The molecule has 0 aliphatic heterocycles. The van der Waals surface area contributed by atoms with Crippen LogP contribution in [0.3, 0.4) is 0 Å². The van der Waals surface area contributed by atoms with Crippen molar-refractivity contribution in [2.24, 2.45) is 17.2 Å². The van der Waals surface area contributed by atoms with Crippen LogP contribution in [0.1, 0.15) is 0 Å². The zero-order valence-electron chi connectivity index (χ0n) is 4.04. The molecule has 0 aromatic rings. The van der Waals surface area contributed by atoms with Crippen molar-refractivity contribution in [2.75, 3.05) is 6.54 Å². The Bertz CT molecular complexity index is 47.4. The molecule has 6 N–H and O–H groups in total. The Balaban J connectivity index is 3.14. The normalized spacial score (nSPS) is 18.9. The minimum Gasteiger partial charge on any atom is -0.329 e. The second-order valence-corrected chi connectivity index (χ2v) is 1.99. The summed E-state index contributed by atoms with van der Waals surface area (Å²) in [5.41, 5.74) is 15.6. The molecule has 0 rings (SSSR count). The van der Waals surface area contributed by atoms with Crippen molar-refractivity contribution in [1.29, 1.82) is 0 Å². The predicted molar refractivity (Wildman–Crippen MR) is 34.0 cm³/mol. The third-order valence-electron chi connectivity index (χ3n) is 0.711. The highest BCUT2D eigenvalue weighted by Gasteiger charge is 2.03. The minimum absolute atomic E-state index is 0.177. The lowest BCUT2D eigenvalue weighted by atomic mass is 10.3. The number of nitrogens with two attached hydrogens (primary N) is 3. The van der Waals surface area contributed by atoms with E-state index >= 15 is 0 Å². The number of thiol groups is 1. The van der Waals surface area contributed by atoms with Gasteiger partial charge >= 0.3 is 0 Å². The number of rotatable bonds is 2. The molecule has 0 amide bonds. The lowest BCUT2D eigenvalue weighted by Crippen LogP contribution is -2.42. The van der Waals surface area contributed by atoms with Crippen molar-refractivity contribution in [3.05, 3.63) is 0 Å². The van der Waals surface area contributed by atoms with Gasteiger partial charge in [-0.3, -0.25) is 0 Å². The fraction of sp³-hybridized carbons (Fsp3) is 1.00. The maximum absolute atomic E-state index is 5.29. The molecule has 3 nitrogen and oxygen atoms in total. The van der Waals surface area contributed by atoms with Gasteiger partial charge in [0.25, 0.3) is 0 Å². The average Bonchev–Trinajstić information content (AvgIpc) is 1.65. The third kappa shape index (κ3) is 2.87. The molecule has 0 saturated heterocycles. The Morgan fingerprint density at radius 2 is 1.86 bits per heavy atom. The van der Waals surface area contributed by atoms with Gasteiger partial charge in [-0.05, 0) is 0 Å². The van der Waals surface area contributed by atoms with Crippen molar-refractivity contribution < 1.29 is 0 Å². The van der Waals surface area contributed by atoms with Crippen molar-refractivity contribution in [3.63, 3.8) is 0 Å². The van der Waals surface area contributed by atoms with Gasteiger partial charge in [-0.1, -0.05) is 0 Å². The molecule has 0 fully saturated rings. The molecule has 2 atom stereocenters. The molecule has 0 bridgehead atoms. The van der Waals surface area contributed by atoms with Crippen LogP contribution in [0.25, 0.3) is 0 Å². The number of hydrogen-bond acceptors (Lipinski definition) is 4. The van der Waals surface area contributed by atoms with Gasteiger partial charge in [0.05, 0.1) is 5.37 Å². The van der Waals surface area contributed by atoms with E-state index in [1.807, 2.05) is 0 Å². The Labute approximate surface area is 48.6 Å². The summed E-state index contributed by atoms with van der Waals surface area (Å²) in [7, 11) is 0. The standard InChI is InChI=1S/C3H11N3S/c4-1-2(5)3(6)7/h2-3,7H,1,4-6H2. The van der Waals surface area contributed by atoms with E-state index in [9.17, 15) is 0 Å². The molecule has 0 aromatic carbocycles. The largest absolute Gasteiger partial charge is 0.329 e. The second kappa shape index (κ2) is 3.26. The second-order valence-electron chi connectivity index (χ2n) is 1.39. The zero-order chi connectivity index (χ0) is 5.86. The van der Waals surface area contributed by atoms with Gasteiger partial charge in [0.1, 0.15) is 0 Å². The minimum atomic E-state index is -0.287. The van der Waals surface area contributed by atoms with Gasteiger partial charge in [-0.25, -0.2) is 0 Å². The van der Waals surface area contributed by atoms with Crippen LogP contribution in [0.15, 0.2) is 0 Å². The molecule has 0 radical (unpaired) electrons. The van der Waals surface area contributed by atoms with Crippen LogP contribution in [0.2, 0.25) is 0 Å². The van der Waals surface area contributed by atoms with Crippen molar-refractivity contribution >= 4 is 12.6 Å². The molecule has 4 heteroatoms. The first kappa shape index (κ1) is 7.23. The van der Waals surface area contributed by atoms with Crippen molar-refractivity contribution in [2.45, 2.75) is 11.4 Å². The molecule has 0 aromatic heterocycles. The Morgan fingerprint density at radius 3 is 1.86 bits per heavy atom. The molecule has 0 saturated carbocycles. The molecule has 0 heterocycles. The van der Waals surface area contributed by atoms with Gasteiger partial charge < -0.3 is 17.2 Å². The van der Waals surface area contributed by atoms with E-state index in [-0.39, 0.29) is 11.4 Å². The van der Waals surface area contributed by atoms with E-state index in [0.717, 1.165) is 0 Å². The van der Waals surface area contributed by atoms with Crippen LogP contribution >= 0.6 is 12.6 Å². The molecule has 0 aliphatic rings. The fourth-order valence-corrected chi connectivity index (χ4v) is 0.261. The first-order chi connectivity index (χ1) is 3.18.